The van der Waals surface area contributed by atoms with Crippen LogP contribution >= 0.6 is 0 Å². The molecule has 0 saturated heterocycles. The van der Waals surface area contributed by atoms with Crippen LogP contribution in [-0.2, 0) is 0 Å². The number of aryl methyl sites for hydroxylation is 1. The van der Waals surface area contributed by atoms with Crippen molar-refractivity contribution in [1.29, 1.82) is 0 Å². The summed E-state index contributed by atoms with van der Waals surface area (Å²) >= 11 is 0. The van der Waals surface area contributed by atoms with Crippen LogP contribution in [-0.4, -0.2) is 24.0 Å². The summed E-state index contributed by atoms with van der Waals surface area (Å²) in [5, 5.41) is 7.22. The van der Waals surface area contributed by atoms with Crippen LogP contribution in [0.2, 0.25) is 0 Å². The van der Waals surface area contributed by atoms with E-state index in [-0.39, 0.29) is 5.91 Å². The standard InChI is InChI=1S/C17H17N3O2/c1-12-4-5-14-13(11-12)15(6-7-18-14)19-8-9-20-17(21)16-3-2-10-22-16/h2-7,10-11H,8-9H2,1H3,(H,18,19)(H,20,21). The fourth-order valence-corrected chi connectivity index (χ4v) is 2.28. The summed E-state index contributed by atoms with van der Waals surface area (Å²) in [4.78, 5) is 16.1. The highest BCUT2D eigenvalue weighted by atomic mass is 16.3. The average molecular weight is 295 g/mol. The first kappa shape index (κ1) is 14.1. The SMILES string of the molecule is Cc1ccc2nccc(NCCNC(=O)c3ccco3)c2c1. The number of hydrogen-bond acceptors (Lipinski definition) is 4. The summed E-state index contributed by atoms with van der Waals surface area (Å²) in [6, 6.07) is 11.4. The molecular formula is C17H17N3O2. The number of hydrogen-bond donors (Lipinski definition) is 2. The van der Waals surface area contributed by atoms with Crippen LogP contribution < -0.4 is 10.6 Å². The van der Waals surface area contributed by atoms with Gasteiger partial charge in [-0.3, -0.25) is 9.78 Å². The number of amides is 1. The summed E-state index contributed by atoms with van der Waals surface area (Å²) in [5.41, 5.74) is 3.16. The van der Waals surface area contributed by atoms with Gasteiger partial charge in [-0.1, -0.05) is 11.6 Å². The molecule has 3 rings (SSSR count). The van der Waals surface area contributed by atoms with Gasteiger partial charge in [-0.2, -0.15) is 0 Å². The quantitative estimate of drug-likeness (QED) is 0.710. The van der Waals surface area contributed by atoms with Crippen molar-refractivity contribution < 1.29 is 9.21 Å². The fourth-order valence-electron chi connectivity index (χ4n) is 2.28. The number of nitrogens with zero attached hydrogens (tertiary/aromatic N) is 1. The lowest BCUT2D eigenvalue weighted by Crippen LogP contribution is -2.28. The molecule has 3 aromatic rings. The van der Waals surface area contributed by atoms with Crippen molar-refractivity contribution in [3.8, 4) is 0 Å². The van der Waals surface area contributed by atoms with Crippen molar-refractivity contribution in [1.82, 2.24) is 10.3 Å². The number of anilines is 1. The van der Waals surface area contributed by atoms with E-state index in [2.05, 4.69) is 28.6 Å². The van der Waals surface area contributed by atoms with E-state index >= 15 is 0 Å². The topological polar surface area (TPSA) is 67.2 Å². The van der Waals surface area contributed by atoms with Gasteiger partial charge in [0.15, 0.2) is 5.76 Å². The van der Waals surface area contributed by atoms with Gasteiger partial charge in [-0.15, -0.1) is 0 Å². The summed E-state index contributed by atoms with van der Waals surface area (Å²) in [7, 11) is 0. The molecule has 0 aliphatic carbocycles. The predicted molar refractivity (Wildman–Crippen MR) is 86.0 cm³/mol. The smallest absolute Gasteiger partial charge is 0.287 e. The van der Waals surface area contributed by atoms with Gasteiger partial charge < -0.3 is 15.1 Å². The number of aromatic nitrogens is 1. The normalized spacial score (nSPS) is 10.6. The molecule has 0 saturated carbocycles. The maximum Gasteiger partial charge on any atom is 0.287 e. The Morgan fingerprint density at radius 2 is 2.14 bits per heavy atom. The van der Waals surface area contributed by atoms with Crippen molar-refractivity contribution in [2.24, 2.45) is 0 Å². The number of furan rings is 1. The largest absolute Gasteiger partial charge is 0.459 e. The second-order valence-corrected chi connectivity index (χ2v) is 5.04. The third-order valence-corrected chi connectivity index (χ3v) is 3.37. The number of benzene rings is 1. The number of pyridine rings is 1. The first-order valence-corrected chi connectivity index (χ1v) is 7.15. The van der Waals surface area contributed by atoms with Crippen LogP contribution in [0.5, 0.6) is 0 Å². The van der Waals surface area contributed by atoms with Crippen molar-refractivity contribution in [2.45, 2.75) is 6.92 Å². The van der Waals surface area contributed by atoms with E-state index in [1.54, 1.807) is 18.3 Å². The zero-order chi connectivity index (χ0) is 15.4. The Kier molecular flexibility index (Phi) is 4.05. The molecule has 2 N–H and O–H groups in total. The summed E-state index contributed by atoms with van der Waals surface area (Å²) < 4.78 is 5.04. The van der Waals surface area contributed by atoms with Gasteiger partial charge in [0, 0.05) is 30.4 Å². The molecule has 0 fully saturated rings. The summed E-state index contributed by atoms with van der Waals surface area (Å²) in [6.07, 6.45) is 3.26. The van der Waals surface area contributed by atoms with Crippen LogP contribution in [0.15, 0.2) is 53.3 Å². The number of nitrogens with one attached hydrogen (secondary N) is 2. The summed E-state index contributed by atoms with van der Waals surface area (Å²) in [5.74, 6) is 0.118. The number of carbonyl (C=O) groups is 1. The maximum atomic E-state index is 11.7. The minimum atomic E-state index is -0.206. The maximum absolute atomic E-state index is 11.7. The van der Waals surface area contributed by atoms with Crippen molar-refractivity contribution in [3.05, 3.63) is 60.2 Å². The molecule has 0 aliphatic rings. The molecule has 5 heteroatoms. The Morgan fingerprint density at radius 1 is 1.23 bits per heavy atom. The average Bonchev–Trinajstić information content (AvgIpc) is 3.06. The van der Waals surface area contributed by atoms with Gasteiger partial charge in [0.05, 0.1) is 11.8 Å². The number of carbonyl (C=O) groups excluding carboxylic acids is 1. The van der Waals surface area contributed by atoms with Gasteiger partial charge in [-0.25, -0.2) is 0 Å². The molecule has 0 unspecified atom stereocenters. The third-order valence-electron chi connectivity index (χ3n) is 3.37. The van der Waals surface area contributed by atoms with E-state index in [1.165, 1.54) is 11.8 Å². The monoisotopic (exact) mass is 295 g/mol. The Hall–Kier alpha value is -2.82. The van der Waals surface area contributed by atoms with E-state index in [1.807, 2.05) is 18.2 Å². The lowest BCUT2D eigenvalue weighted by atomic mass is 10.1. The molecule has 22 heavy (non-hydrogen) atoms. The minimum absolute atomic E-state index is 0.206. The van der Waals surface area contributed by atoms with Gasteiger partial charge in [0.1, 0.15) is 0 Å². The molecule has 5 nitrogen and oxygen atoms in total. The fraction of sp³-hybridized carbons (Fsp3) is 0.176. The van der Waals surface area contributed by atoms with E-state index in [4.69, 9.17) is 4.42 Å². The predicted octanol–water partition coefficient (Wildman–Crippen LogP) is 2.98. The molecule has 0 aliphatic heterocycles. The number of fused-ring (bicyclic) bond motifs is 1. The Labute approximate surface area is 128 Å². The Bertz CT molecular complexity index is 782. The molecule has 0 bridgehead atoms. The molecule has 0 radical (unpaired) electrons. The van der Waals surface area contributed by atoms with Gasteiger partial charge in [-0.05, 0) is 37.3 Å². The first-order chi connectivity index (χ1) is 10.7. The van der Waals surface area contributed by atoms with Crippen LogP contribution in [0, 0.1) is 6.92 Å². The van der Waals surface area contributed by atoms with Crippen LogP contribution in [0.1, 0.15) is 16.1 Å². The molecule has 1 amide bonds. The van der Waals surface area contributed by atoms with E-state index < -0.39 is 0 Å². The van der Waals surface area contributed by atoms with Crippen molar-refractivity contribution in [2.75, 3.05) is 18.4 Å². The second-order valence-electron chi connectivity index (χ2n) is 5.04. The Balaban J connectivity index is 1.60. The minimum Gasteiger partial charge on any atom is -0.459 e. The van der Waals surface area contributed by atoms with E-state index in [0.717, 1.165) is 16.6 Å². The number of rotatable bonds is 5. The third kappa shape index (κ3) is 3.09. The summed E-state index contributed by atoms with van der Waals surface area (Å²) in [6.45, 7) is 3.19. The second kappa shape index (κ2) is 6.30. The molecule has 2 heterocycles. The molecule has 112 valence electrons. The van der Waals surface area contributed by atoms with Crippen LogP contribution in [0.25, 0.3) is 10.9 Å². The lowest BCUT2D eigenvalue weighted by molar-refractivity contribution is 0.0927. The molecule has 1 aromatic carbocycles. The van der Waals surface area contributed by atoms with E-state index in [0.29, 0.717) is 18.8 Å². The van der Waals surface area contributed by atoms with Crippen molar-refractivity contribution >= 4 is 22.5 Å². The highest BCUT2D eigenvalue weighted by molar-refractivity contribution is 5.92. The van der Waals surface area contributed by atoms with Crippen LogP contribution in [0.3, 0.4) is 0 Å². The van der Waals surface area contributed by atoms with Gasteiger partial charge >= 0.3 is 0 Å². The highest BCUT2D eigenvalue weighted by Gasteiger charge is 2.07. The van der Waals surface area contributed by atoms with Gasteiger partial charge in [0.25, 0.3) is 5.91 Å². The lowest BCUT2D eigenvalue weighted by Gasteiger charge is -2.10. The van der Waals surface area contributed by atoms with Crippen LogP contribution in [0.4, 0.5) is 5.69 Å². The van der Waals surface area contributed by atoms with Gasteiger partial charge in [0.2, 0.25) is 0 Å². The zero-order valence-corrected chi connectivity index (χ0v) is 12.3. The molecular weight excluding hydrogens is 278 g/mol. The van der Waals surface area contributed by atoms with E-state index in [9.17, 15) is 4.79 Å². The zero-order valence-electron chi connectivity index (χ0n) is 12.3. The Morgan fingerprint density at radius 3 is 2.95 bits per heavy atom. The molecule has 0 spiro atoms. The molecule has 2 aromatic heterocycles. The van der Waals surface area contributed by atoms with Crippen molar-refractivity contribution in [3.63, 3.8) is 0 Å². The highest BCUT2D eigenvalue weighted by Crippen LogP contribution is 2.22. The molecule has 0 atom stereocenters. The first-order valence-electron chi connectivity index (χ1n) is 7.15.